The van der Waals surface area contributed by atoms with E-state index in [1.165, 1.54) is 4.90 Å². The smallest absolute Gasteiger partial charge is 0.260 e. The zero-order valence-electron chi connectivity index (χ0n) is 10.1. The summed E-state index contributed by atoms with van der Waals surface area (Å²) in [5.41, 5.74) is -0.130. The molecule has 0 spiro atoms. The van der Waals surface area contributed by atoms with Crippen LogP contribution in [0.2, 0.25) is 0 Å². The number of hydrogen-bond acceptors (Lipinski definition) is 3. The lowest BCUT2D eigenvalue weighted by Gasteiger charge is -2.15. The molecule has 0 N–H and O–H groups in total. The minimum atomic E-state index is -1.01. The highest BCUT2D eigenvalue weighted by molar-refractivity contribution is 5.77. The van der Waals surface area contributed by atoms with E-state index in [2.05, 4.69) is 0 Å². The second-order valence-corrected chi connectivity index (χ2v) is 3.63. The van der Waals surface area contributed by atoms with E-state index in [1.54, 1.807) is 14.0 Å². The van der Waals surface area contributed by atoms with E-state index in [9.17, 15) is 18.4 Å². The minimum Gasteiger partial charge on any atom is -0.478 e. The summed E-state index contributed by atoms with van der Waals surface area (Å²) in [5, 5.41) is 0. The van der Waals surface area contributed by atoms with Gasteiger partial charge in [-0.05, 0) is 19.1 Å². The van der Waals surface area contributed by atoms with Crippen molar-refractivity contribution < 1.29 is 23.1 Å². The minimum absolute atomic E-state index is 0.130. The molecular formula is C12H13F2NO3. The van der Waals surface area contributed by atoms with Gasteiger partial charge in [-0.2, -0.15) is 0 Å². The zero-order chi connectivity index (χ0) is 13.7. The zero-order valence-corrected chi connectivity index (χ0v) is 10.1. The van der Waals surface area contributed by atoms with Gasteiger partial charge in [-0.25, -0.2) is 8.78 Å². The second kappa shape index (κ2) is 6.09. The fourth-order valence-electron chi connectivity index (χ4n) is 1.21. The normalized spacial score (nSPS) is 10.0. The number of rotatable bonds is 5. The predicted octanol–water partition coefficient (Wildman–Crippen LogP) is 1.63. The van der Waals surface area contributed by atoms with Gasteiger partial charge >= 0.3 is 0 Å². The van der Waals surface area contributed by atoms with Crippen molar-refractivity contribution in [1.82, 2.24) is 4.90 Å². The molecule has 1 aromatic carbocycles. The van der Waals surface area contributed by atoms with Gasteiger partial charge in [0.25, 0.3) is 5.91 Å². The number of likely N-dealkylation sites (N-methyl/N-ethyl adjacent to an activating group) is 1. The van der Waals surface area contributed by atoms with Crippen LogP contribution in [-0.2, 0) is 4.79 Å². The van der Waals surface area contributed by atoms with Gasteiger partial charge in [0.15, 0.2) is 24.0 Å². The number of hydrogen-bond donors (Lipinski definition) is 0. The molecule has 1 amide bonds. The van der Waals surface area contributed by atoms with Crippen LogP contribution < -0.4 is 4.74 Å². The molecule has 0 radical (unpaired) electrons. The van der Waals surface area contributed by atoms with Gasteiger partial charge in [-0.15, -0.1) is 0 Å². The van der Waals surface area contributed by atoms with Crippen molar-refractivity contribution in [1.29, 1.82) is 0 Å². The summed E-state index contributed by atoms with van der Waals surface area (Å²) in [7, 11) is 1.55. The van der Waals surface area contributed by atoms with Gasteiger partial charge in [0, 0.05) is 19.2 Å². The van der Waals surface area contributed by atoms with Crippen molar-refractivity contribution in [2.24, 2.45) is 0 Å². The van der Waals surface area contributed by atoms with Crippen LogP contribution in [-0.4, -0.2) is 37.3 Å². The number of benzene rings is 1. The summed E-state index contributed by atoms with van der Waals surface area (Å²) in [5.74, 6) is -3.07. The first kappa shape index (κ1) is 14.1. The Morgan fingerprint density at radius 2 is 1.94 bits per heavy atom. The van der Waals surface area contributed by atoms with E-state index in [4.69, 9.17) is 4.74 Å². The lowest BCUT2D eigenvalue weighted by Crippen LogP contribution is -2.31. The van der Waals surface area contributed by atoms with Gasteiger partial charge in [-0.3, -0.25) is 9.59 Å². The number of amides is 1. The SMILES string of the molecule is CCN(C)C(=O)COc1c(F)cc(C=O)cc1F. The first-order valence-electron chi connectivity index (χ1n) is 5.30. The maximum Gasteiger partial charge on any atom is 0.260 e. The quantitative estimate of drug-likeness (QED) is 0.753. The van der Waals surface area contributed by atoms with Crippen molar-refractivity contribution in [3.05, 3.63) is 29.3 Å². The first-order chi connectivity index (χ1) is 8.49. The largest absolute Gasteiger partial charge is 0.478 e. The van der Waals surface area contributed by atoms with Crippen LogP contribution in [0.25, 0.3) is 0 Å². The molecule has 1 aromatic rings. The van der Waals surface area contributed by atoms with Gasteiger partial charge in [0.1, 0.15) is 6.29 Å². The van der Waals surface area contributed by atoms with E-state index in [1.807, 2.05) is 0 Å². The second-order valence-electron chi connectivity index (χ2n) is 3.63. The van der Waals surface area contributed by atoms with Crippen LogP contribution in [0.4, 0.5) is 8.78 Å². The number of nitrogens with zero attached hydrogens (tertiary/aromatic N) is 1. The predicted molar refractivity (Wildman–Crippen MR) is 60.6 cm³/mol. The number of aldehydes is 1. The van der Waals surface area contributed by atoms with Crippen molar-refractivity contribution in [2.45, 2.75) is 6.92 Å². The van der Waals surface area contributed by atoms with Crippen LogP contribution in [0.3, 0.4) is 0 Å². The highest BCUT2D eigenvalue weighted by Gasteiger charge is 2.15. The number of halogens is 2. The molecule has 18 heavy (non-hydrogen) atoms. The molecule has 0 heterocycles. The topological polar surface area (TPSA) is 46.6 Å². The highest BCUT2D eigenvalue weighted by atomic mass is 19.1. The van der Waals surface area contributed by atoms with E-state index in [-0.39, 0.29) is 5.56 Å². The molecule has 0 aromatic heterocycles. The van der Waals surface area contributed by atoms with Crippen molar-refractivity contribution in [3.63, 3.8) is 0 Å². The Labute approximate surface area is 103 Å². The summed E-state index contributed by atoms with van der Waals surface area (Å²) in [6.07, 6.45) is 0.325. The van der Waals surface area contributed by atoms with Crippen LogP contribution in [0.1, 0.15) is 17.3 Å². The van der Waals surface area contributed by atoms with E-state index in [0.29, 0.717) is 12.8 Å². The molecule has 1 rings (SSSR count). The Morgan fingerprint density at radius 1 is 1.39 bits per heavy atom. The van der Waals surface area contributed by atoms with Gasteiger partial charge in [0.05, 0.1) is 0 Å². The van der Waals surface area contributed by atoms with Gasteiger partial charge in [0.2, 0.25) is 0 Å². The summed E-state index contributed by atoms with van der Waals surface area (Å²) in [6, 6.07) is 1.69. The van der Waals surface area contributed by atoms with Crippen LogP contribution in [0.5, 0.6) is 5.75 Å². The summed E-state index contributed by atoms with van der Waals surface area (Å²) in [4.78, 5) is 23.1. The highest BCUT2D eigenvalue weighted by Crippen LogP contribution is 2.22. The summed E-state index contributed by atoms with van der Waals surface area (Å²) >= 11 is 0. The first-order valence-corrected chi connectivity index (χ1v) is 5.30. The Hall–Kier alpha value is -1.98. The molecule has 0 saturated carbocycles. The average Bonchev–Trinajstić information content (AvgIpc) is 2.36. The Kier molecular flexibility index (Phi) is 4.76. The fraction of sp³-hybridized carbons (Fsp3) is 0.333. The number of carbonyl (C=O) groups excluding carboxylic acids is 2. The lowest BCUT2D eigenvalue weighted by atomic mass is 10.2. The molecular weight excluding hydrogens is 244 g/mol. The maximum absolute atomic E-state index is 13.4. The van der Waals surface area contributed by atoms with Crippen LogP contribution in [0, 0.1) is 11.6 Å². The molecule has 0 fully saturated rings. The average molecular weight is 257 g/mol. The molecule has 0 aliphatic heterocycles. The monoisotopic (exact) mass is 257 g/mol. The van der Waals surface area contributed by atoms with Crippen molar-refractivity contribution in [2.75, 3.05) is 20.2 Å². The molecule has 0 saturated heterocycles. The van der Waals surface area contributed by atoms with Crippen molar-refractivity contribution >= 4 is 12.2 Å². The third kappa shape index (κ3) is 3.26. The number of carbonyl (C=O) groups is 2. The van der Waals surface area contributed by atoms with Gasteiger partial charge < -0.3 is 9.64 Å². The third-order valence-corrected chi connectivity index (χ3v) is 2.40. The molecule has 0 aliphatic rings. The van der Waals surface area contributed by atoms with Crippen LogP contribution in [0.15, 0.2) is 12.1 Å². The molecule has 0 unspecified atom stereocenters. The fourth-order valence-corrected chi connectivity index (χ4v) is 1.21. The Balaban J connectivity index is 2.80. The van der Waals surface area contributed by atoms with Crippen molar-refractivity contribution in [3.8, 4) is 5.75 Å². The Morgan fingerprint density at radius 3 is 2.39 bits per heavy atom. The summed E-state index contributed by atoms with van der Waals surface area (Å²) < 4.78 is 31.6. The van der Waals surface area contributed by atoms with E-state index in [0.717, 1.165) is 12.1 Å². The van der Waals surface area contributed by atoms with E-state index < -0.39 is 29.9 Å². The molecule has 0 atom stereocenters. The van der Waals surface area contributed by atoms with Gasteiger partial charge in [-0.1, -0.05) is 0 Å². The standard InChI is InChI=1S/C12H13F2NO3/c1-3-15(2)11(17)7-18-12-9(13)4-8(6-16)5-10(12)14/h4-6H,3,7H2,1-2H3. The lowest BCUT2D eigenvalue weighted by molar-refractivity contribution is -0.131. The molecule has 98 valence electrons. The van der Waals surface area contributed by atoms with Crippen LogP contribution >= 0.6 is 0 Å². The molecule has 0 bridgehead atoms. The summed E-state index contributed by atoms with van der Waals surface area (Å²) in [6.45, 7) is 1.77. The number of ether oxygens (including phenoxy) is 1. The third-order valence-electron chi connectivity index (χ3n) is 2.40. The molecule has 6 heteroatoms. The maximum atomic E-state index is 13.4. The van der Waals surface area contributed by atoms with E-state index >= 15 is 0 Å². The molecule has 0 aliphatic carbocycles. The molecule has 4 nitrogen and oxygen atoms in total. The Bertz CT molecular complexity index is 440.